The molecule has 1 unspecified atom stereocenters. The minimum atomic E-state index is 0. The minimum absolute atomic E-state index is 0. The molecule has 0 aliphatic carbocycles. The van der Waals surface area contributed by atoms with Gasteiger partial charge in [-0.05, 0) is 66.5 Å². The molecule has 6 heteroatoms. The molecule has 1 heterocycles. The number of nitrogens with zero attached hydrogens (tertiary/aromatic N) is 1. The van der Waals surface area contributed by atoms with Crippen molar-refractivity contribution in [2.24, 2.45) is 5.92 Å². The van der Waals surface area contributed by atoms with Gasteiger partial charge >= 0.3 is 0 Å². The molecule has 112 valence electrons. The zero-order chi connectivity index (χ0) is 13.8. The number of carbonyl (C=O) groups is 1. The lowest BCUT2D eigenvalue weighted by Gasteiger charge is -2.32. The molecular formula is C14H19BrCl2N2O. The Morgan fingerprint density at radius 2 is 2.30 bits per heavy atom. The molecule has 0 spiro atoms. The van der Waals surface area contributed by atoms with Crippen LogP contribution in [0.1, 0.15) is 23.2 Å². The van der Waals surface area contributed by atoms with E-state index in [1.54, 1.807) is 18.2 Å². The molecule has 1 atom stereocenters. The molecule has 2 rings (SSSR count). The van der Waals surface area contributed by atoms with Crippen LogP contribution in [0.5, 0.6) is 0 Å². The number of halogens is 3. The molecule has 1 aliphatic rings. The van der Waals surface area contributed by atoms with Gasteiger partial charge in [0.1, 0.15) is 0 Å². The number of amides is 1. The van der Waals surface area contributed by atoms with E-state index in [0.717, 1.165) is 30.5 Å². The van der Waals surface area contributed by atoms with Crippen LogP contribution in [0.25, 0.3) is 0 Å². The van der Waals surface area contributed by atoms with E-state index in [-0.39, 0.29) is 18.3 Å². The quantitative estimate of drug-likeness (QED) is 0.867. The number of hydrogen-bond acceptors (Lipinski definition) is 2. The Balaban J connectivity index is 0.00000200. The van der Waals surface area contributed by atoms with Crippen molar-refractivity contribution in [3.8, 4) is 0 Å². The molecule has 0 saturated carbocycles. The van der Waals surface area contributed by atoms with E-state index in [2.05, 4.69) is 21.2 Å². The maximum atomic E-state index is 12.5. The number of rotatable bonds is 3. The van der Waals surface area contributed by atoms with Crippen LogP contribution in [-0.4, -0.2) is 37.5 Å². The van der Waals surface area contributed by atoms with Crippen LogP contribution in [0.2, 0.25) is 5.02 Å². The van der Waals surface area contributed by atoms with Crippen LogP contribution in [0.3, 0.4) is 0 Å². The minimum Gasteiger partial charge on any atom is -0.338 e. The molecule has 0 radical (unpaired) electrons. The van der Waals surface area contributed by atoms with Gasteiger partial charge in [-0.25, -0.2) is 0 Å². The molecule has 1 fully saturated rings. The van der Waals surface area contributed by atoms with Crippen LogP contribution in [-0.2, 0) is 0 Å². The summed E-state index contributed by atoms with van der Waals surface area (Å²) in [4.78, 5) is 14.4. The van der Waals surface area contributed by atoms with E-state index >= 15 is 0 Å². The first-order valence-electron chi connectivity index (χ1n) is 6.50. The normalized spacial score (nSPS) is 18.6. The van der Waals surface area contributed by atoms with E-state index < -0.39 is 0 Å². The maximum Gasteiger partial charge on any atom is 0.253 e. The Kier molecular flexibility index (Phi) is 7.30. The molecule has 1 saturated heterocycles. The van der Waals surface area contributed by atoms with Crippen LogP contribution in [0.4, 0.5) is 0 Å². The summed E-state index contributed by atoms with van der Waals surface area (Å²) in [6, 6.07) is 5.34. The summed E-state index contributed by atoms with van der Waals surface area (Å²) in [6.07, 6.45) is 2.27. The molecule has 0 bridgehead atoms. The van der Waals surface area contributed by atoms with Crippen molar-refractivity contribution in [3.05, 3.63) is 33.3 Å². The van der Waals surface area contributed by atoms with Crippen LogP contribution < -0.4 is 5.32 Å². The highest BCUT2D eigenvalue weighted by molar-refractivity contribution is 9.10. The van der Waals surface area contributed by atoms with Crippen molar-refractivity contribution < 1.29 is 4.79 Å². The van der Waals surface area contributed by atoms with Crippen molar-refractivity contribution in [2.75, 3.05) is 26.7 Å². The number of carbonyl (C=O) groups excluding carboxylic acids is 1. The first-order valence-corrected chi connectivity index (χ1v) is 7.68. The van der Waals surface area contributed by atoms with Gasteiger partial charge in [0.25, 0.3) is 5.91 Å². The predicted octanol–water partition coefficient (Wildman–Crippen LogP) is 3.60. The van der Waals surface area contributed by atoms with Gasteiger partial charge in [0.2, 0.25) is 0 Å². The largest absolute Gasteiger partial charge is 0.338 e. The molecule has 1 aromatic carbocycles. The van der Waals surface area contributed by atoms with Crippen LogP contribution in [0, 0.1) is 5.92 Å². The number of likely N-dealkylation sites (tertiary alicyclic amines) is 1. The summed E-state index contributed by atoms with van der Waals surface area (Å²) in [7, 11) is 1.96. The van der Waals surface area contributed by atoms with Gasteiger partial charge in [0.05, 0.1) is 5.02 Å². The van der Waals surface area contributed by atoms with Gasteiger partial charge < -0.3 is 10.2 Å². The average molecular weight is 382 g/mol. The summed E-state index contributed by atoms with van der Waals surface area (Å²) in [5.74, 6) is 0.650. The van der Waals surface area contributed by atoms with E-state index in [1.807, 2.05) is 11.9 Å². The lowest BCUT2D eigenvalue weighted by Crippen LogP contribution is -2.42. The zero-order valence-corrected chi connectivity index (χ0v) is 14.5. The first kappa shape index (κ1) is 17.8. The monoisotopic (exact) mass is 380 g/mol. The Hall–Kier alpha value is -0.290. The van der Waals surface area contributed by atoms with Crippen LogP contribution in [0.15, 0.2) is 22.7 Å². The summed E-state index contributed by atoms with van der Waals surface area (Å²) in [5.41, 5.74) is 0.696. The molecule has 3 nitrogen and oxygen atoms in total. The van der Waals surface area contributed by atoms with Crippen molar-refractivity contribution in [2.45, 2.75) is 12.8 Å². The lowest BCUT2D eigenvalue weighted by molar-refractivity contribution is 0.0674. The standard InChI is InChI=1S/C14H18BrClN2O.ClH/c1-17-8-10-3-2-6-18(9-10)14(19)11-4-5-13(16)12(15)7-11;/h4-5,7,10,17H,2-3,6,8-9H2,1H3;1H. The van der Waals surface area contributed by atoms with E-state index in [9.17, 15) is 4.79 Å². The smallest absolute Gasteiger partial charge is 0.253 e. The summed E-state index contributed by atoms with van der Waals surface area (Å²) < 4.78 is 0.767. The molecular weight excluding hydrogens is 363 g/mol. The third-order valence-electron chi connectivity index (χ3n) is 3.47. The highest BCUT2D eigenvalue weighted by atomic mass is 79.9. The second kappa shape index (κ2) is 8.23. The second-order valence-corrected chi connectivity index (χ2v) is 6.21. The maximum absolute atomic E-state index is 12.5. The van der Waals surface area contributed by atoms with Gasteiger partial charge in [0.15, 0.2) is 0 Å². The SMILES string of the molecule is CNCC1CCCN(C(=O)c2ccc(Cl)c(Br)c2)C1.Cl. The molecule has 1 aromatic rings. The van der Waals surface area contributed by atoms with E-state index in [0.29, 0.717) is 16.5 Å². The van der Waals surface area contributed by atoms with Crippen molar-refractivity contribution in [3.63, 3.8) is 0 Å². The van der Waals surface area contributed by atoms with E-state index in [1.165, 1.54) is 6.42 Å². The van der Waals surface area contributed by atoms with Crippen molar-refractivity contribution in [1.82, 2.24) is 10.2 Å². The van der Waals surface area contributed by atoms with Gasteiger partial charge in [-0.15, -0.1) is 12.4 Å². The topological polar surface area (TPSA) is 32.3 Å². The fourth-order valence-electron chi connectivity index (χ4n) is 2.52. The van der Waals surface area contributed by atoms with Gasteiger partial charge in [-0.1, -0.05) is 11.6 Å². The number of benzene rings is 1. The molecule has 1 amide bonds. The Bertz CT molecular complexity index is 468. The Morgan fingerprint density at radius 1 is 1.55 bits per heavy atom. The Labute approximate surface area is 139 Å². The second-order valence-electron chi connectivity index (χ2n) is 4.95. The van der Waals surface area contributed by atoms with Crippen molar-refractivity contribution >= 4 is 45.8 Å². The summed E-state index contributed by atoms with van der Waals surface area (Å²) in [6.45, 7) is 2.65. The predicted molar refractivity (Wildman–Crippen MR) is 89.0 cm³/mol. The number of nitrogens with one attached hydrogen (secondary N) is 1. The fourth-order valence-corrected chi connectivity index (χ4v) is 3.01. The molecule has 1 N–H and O–H groups in total. The van der Waals surface area contributed by atoms with Gasteiger partial charge in [-0.2, -0.15) is 0 Å². The third-order valence-corrected chi connectivity index (χ3v) is 4.68. The highest BCUT2D eigenvalue weighted by Crippen LogP contribution is 2.25. The molecule has 20 heavy (non-hydrogen) atoms. The first-order chi connectivity index (χ1) is 9.11. The third kappa shape index (κ3) is 4.35. The highest BCUT2D eigenvalue weighted by Gasteiger charge is 2.24. The number of piperidine rings is 1. The van der Waals surface area contributed by atoms with Gasteiger partial charge in [0, 0.05) is 23.1 Å². The van der Waals surface area contributed by atoms with Crippen LogP contribution >= 0.6 is 39.9 Å². The lowest BCUT2D eigenvalue weighted by atomic mass is 9.97. The number of hydrogen-bond donors (Lipinski definition) is 1. The van der Waals surface area contributed by atoms with Crippen molar-refractivity contribution in [1.29, 1.82) is 0 Å². The average Bonchev–Trinajstić information content (AvgIpc) is 2.42. The zero-order valence-electron chi connectivity index (χ0n) is 11.4. The summed E-state index contributed by atoms with van der Waals surface area (Å²) in [5, 5.41) is 3.82. The molecule has 1 aliphatic heterocycles. The Morgan fingerprint density at radius 3 is 2.95 bits per heavy atom. The fraction of sp³-hybridized carbons (Fsp3) is 0.500. The van der Waals surface area contributed by atoms with Gasteiger partial charge in [-0.3, -0.25) is 4.79 Å². The van der Waals surface area contributed by atoms with E-state index in [4.69, 9.17) is 11.6 Å². The summed E-state index contributed by atoms with van der Waals surface area (Å²) >= 11 is 9.32. The molecule has 0 aromatic heterocycles.